The minimum absolute atomic E-state index is 0.945. The van der Waals surface area contributed by atoms with E-state index < -0.39 is 19.8 Å². The summed E-state index contributed by atoms with van der Waals surface area (Å²) in [4.78, 5) is 0. The van der Waals surface area contributed by atoms with Crippen LogP contribution < -0.4 is 0 Å². The van der Waals surface area contributed by atoms with Crippen LogP contribution in [0, 0.1) is 10.7 Å². The zero-order valence-electron chi connectivity index (χ0n) is 27.6. The number of para-hydroxylation sites is 3. The van der Waals surface area contributed by atoms with Gasteiger partial charge in [-0.15, -0.1) is 0 Å². The third kappa shape index (κ3) is 4.41. The molecule has 0 unspecified atom stereocenters. The molecule has 1 aliphatic heterocycles. The predicted octanol–water partition coefficient (Wildman–Crippen LogP) is 13.4. The van der Waals surface area contributed by atoms with Gasteiger partial charge in [0.05, 0.1) is 0 Å². The first kappa shape index (κ1) is 28.9. The van der Waals surface area contributed by atoms with Gasteiger partial charge in [0.1, 0.15) is 0 Å². The Morgan fingerprint density at radius 3 is 2.04 bits per heavy atom. The Labute approximate surface area is 302 Å². The van der Waals surface area contributed by atoms with E-state index in [1.807, 2.05) is 6.07 Å². The fourth-order valence-electron chi connectivity index (χ4n) is 8.04. The zero-order chi connectivity index (χ0) is 33.5. The fraction of sp³-hybridized carbons (Fsp3) is 0. The van der Waals surface area contributed by atoms with E-state index in [0.29, 0.717) is 0 Å². The summed E-state index contributed by atoms with van der Waals surface area (Å²) in [5, 5.41) is 4.92. The molecule has 0 saturated heterocycles. The number of fused-ring (bicyclic) bond motifs is 9. The van der Waals surface area contributed by atoms with E-state index in [9.17, 15) is 0 Å². The van der Waals surface area contributed by atoms with Gasteiger partial charge in [-0.1, -0.05) is 6.07 Å². The van der Waals surface area contributed by atoms with E-state index >= 15 is 0 Å². The molecular formula is C48H30INO. The molecule has 0 spiro atoms. The maximum atomic E-state index is 6.25. The van der Waals surface area contributed by atoms with E-state index in [1.54, 1.807) is 0 Å². The van der Waals surface area contributed by atoms with Gasteiger partial charge in [-0.3, -0.25) is 0 Å². The summed E-state index contributed by atoms with van der Waals surface area (Å²) in [5.41, 5.74) is 13.2. The molecule has 0 amide bonds. The average Bonchev–Trinajstić information content (AvgIpc) is 3.85. The number of rotatable bonds is 4. The second kappa shape index (κ2) is 11.3. The van der Waals surface area contributed by atoms with Crippen molar-refractivity contribution in [3.63, 3.8) is 0 Å². The summed E-state index contributed by atoms with van der Waals surface area (Å²) in [6.45, 7) is 0. The van der Waals surface area contributed by atoms with Crippen molar-refractivity contribution in [3.05, 3.63) is 193 Å². The first-order chi connectivity index (χ1) is 25.3. The second-order valence-corrected chi connectivity index (χ2v) is 18.4. The van der Waals surface area contributed by atoms with Gasteiger partial charge < -0.3 is 0 Å². The molecule has 8 aromatic carbocycles. The maximum absolute atomic E-state index is 6.25. The number of hydrogen-bond acceptors (Lipinski definition) is 1. The van der Waals surface area contributed by atoms with Crippen LogP contribution in [0.1, 0.15) is 0 Å². The molecule has 3 heteroatoms. The molecule has 0 fully saturated rings. The summed E-state index contributed by atoms with van der Waals surface area (Å²) in [7, 11) is 0. The second-order valence-electron chi connectivity index (χ2n) is 13.2. The molecule has 240 valence electrons. The molecule has 3 heterocycles. The van der Waals surface area contributed by atoms with E-state index in [2.05, 4.69) is 180 Å². The number of halogens is 1. The topological polar surface area (TPSA) is 18.1 Å². The Morgan fingerprint density at radius 2 is 1.10 bits per heavy atom. The molecule has 0 N–H and O–H groups in total. The molecule has 2 aromatic heterocycles. The Balaban J connectivity index is 1.13. The molecule has 1 aliphatic rings. The molecule has 51 heavy (non-hydrogen) atoms. The first-order valence-electron chi connectivity index (χ1n) is 17.3. The summed E-state index contributed by atoms with van der Waals surface area (Å²) >= 11 is -2.05. The van der Waals surface area contributed by atoms with Crippen LogP contribution in [0.2, 0.25) is 0 Å². The molecule has 0 saturated carbocycles. The van der Waals surface area contributed by atoms with Crippen LogP contribution in [0.15, 0.2) is 186 Å². The summed E-state index contributed by atoms with van der Waals surface area (Å²) in [6.07, 6.45) is 0. The molecule has 0 aliphatic carbocycles. The molecule has 11 rings (SSSR count). The van der Waals surface area contributed by atoms with Gasteiger partial charge in [0.25, 0.3) is 0 Å². The number of aromatic nitrogens is 1. The number of benzene rings is 8. The van der Waals surface area contributed by atoms with Crippen molar-refractivity contribution < 1.29 is 4.42 Å². The molecule has 0 atom stereocenters. The number of nitrogens with zero attached hydrogens (tertiary/aromatic N) is 1. The van der Waals surface area contributed by atoms with Crippen molar-refractivity contribution in [1.82, 2.24) is 4.57 Å². The fourth-order valence-corrected chi connectivity index (χ4v) is 14.5. The van der Waals surface area contributed by atoms with Gasteiger partial charge >= 0.3 is 298 Å². The third-order valence-corrected chi connectivity index (χ3v) is 16.4. The monoisotopic (exact) mass is 763 g/mol. The molecule has 10 aromatic rings. The van der Waals surface area contributed by atoms with Crippen molar-refractivity contribution >= 4 is 63.6 Å². The van der Waals surface area contributed by atoms with Crippen LogP contribution in [-0.2, 0) is 0 Å². The van der Waals surface area contributed by atoms with Crippen LogP contribution in [0.4, 0.5) is 0 Å². The summed E-state index contributed by atoms with van der Waals surface area (Å²) in [6, 6.07) is 67.0. The predicted molar refractivity (Wildman–Crippen MR) is 221 cm³/mol. The Kier molecular flexibility index (Phi) is 6.40. The van der Waals surface area contributed by atoms with Gasteiger partial charge in [-0.2, -0.15) is 0 Å². The van der Waals surface area contributed by atoms with Crippen molar-refractivity contribution in [1.29, 1.82) is 0 Å². The van der Waals surface area contributed by atoms with Crippen molar-refractivity contribution in [2.24, 2.45) is 0 Å². The third-order valence-electron chi connectivity index (χ3n) is 10.3. The minimum atomic E-state index is -2.05. The normalized spacial score (nSPS) is 13.0. The van der Waals surface area contributed by atoms with E-state index in [-0.39, 0.29) is 0 Å². The van der Waals surface area contributed by atoms with Crippen molar-refractivity contribution in [2.45, 2.75) is 0 Å². The molecule has 0 radical (unpaired) electrons. The van der Waals surface area contributed by atoms with Crippen molar-refractivity contribution in [3.8, 4) is 39.1 Å². The van der Waals surface area contributed by atoms with Crippen molar-refractivity contribution in [2.75, 3.05) is 0 Å². The SMILES string of the molecule is c1ccc(-c2cccc(-n3c4ccccc4c4cccc(-c5ccc6c(c5)I(c5ccc7oc8ccccc8c7c5)c5ccccc5-6)c43)c2)cc1. The van der Waals surface area contributed by atoms with Gasteiger partial charge in [-0.05, 0) is 0 Å². The van der Waals surface area contributed by atoms with E-state index in [4.69, 9.17) is 4.42 Å². The molecule has 0 bridgehead atoms. The zero-order valence-corrected chi connectivity index (χ0v) is 29.7. The van der Waals surface area contributed by atoms with E-state index in [1.165, 1.54) is 76.7 Å². The molecule has 2 nitrogen and oxygen atoms in total. The van der Waals surface area contributed by atoms with Crippen LogP contribution in [-0.4, -0.2) is 4.57 Å². The Hall–Kier alpha value is -5.91. The van der Waals surface area contributed by atoms with Gasteiger partial charge in [0.15, 0.2) is 0 Å². The van der Waals surface area contributed by atoms with Gasteiger partial charge in [-0.25, -0.2) is 0 Å². The number of hydrogen-bond donors (Lipinski definition) is 0. The van der Waals surface area contributed by atoms with Crippen LogP contribution >= 0.6 is 19.8 Å². The summed E-state index contributed by atoms with van der Waals surface area (Å²) < 4.78 is 13.2. The van der Waals surface area contributed by atoms with Gasteiger partial charge in [0.2, 0.25) is 0 Å². The van der Waals surface area contributed by atoms with Crippen LogP contribution in [0.25, 0.3) is 82.8 Å². The quantitative estimate of drug-likeness (QED) is 0.163. The Morgan fingerprint density at radius 1 is 0.392 bits per heavy atom. The molecular weight excluding hydrogens is 733 g/mol. The standard InChI is InChI=1S/C48H30INO/c1-2-12-31(13-3-1)32-14-10-15-35(28-32)50-45-22-8-5-17-39(45)41-20-11-19-36(48(41)50)33-24-26-38-37-16-4-7-21-43(37)49(44(38)29-33)34-25-27-47-42(30-34)40-18-6-9-23-46(40)51-47/h1-30H. The van der Waals surface area contributed by atoms with Crippen LogP contribution in [0.3, 0.4) is 0 Å². The number of furan rings is 1. The first-order valence-corrected chi connectivity index (χ1v) is 20.6. The van der Waals surface area contributed by atoms with Gasteiger partial charge in [0, 0.05) is 0 Å². The van der Waals surface area contributed by atoms with Crippen LogP contribution in [0.5, 0.6) is 0 Å². The van der Waals surface area contributed by atoms with E-state index in [0.717, 1.165) is 16.9 Å². The summed E-state index contributed by atoms with van der Waals surface area (Å²) in [5.74, 6) is 0. The average molecular weight is 764 g/mol. The Bertz CT molecular complexity index is 2990.